The van der Waals surface area contributed by atoms with Gasteiger partial charge in [0, 0.05) is 11.8 Å². The van der Waals surface area contributed by atoms with E-state index in [0.717, 1.165) is 23.2 Å². The number of esters is 1. The van der Waals surface area contributed by atoms with Gasteiger partial charge in [0.25, 0.3) is 0 Å². The standard InChI is InChI=1S/C18H16BNO3/c1-23-18(22)10-7-14-3-2-4-17(11-14)20(13-21)12-15-5-8-16(19)9-6-15/h2-11,13H,12H2,1H3/b10-7+. The highest BCUT2D eigenvalue weighted by Gasteiger charge is 2.06. The molecule has 0 atom stereocenters. The zero-order valence-corrected chi connectivity index (χ0v) is 12.8. The molecule has 0 N–H and O–H groups in total. The van der Waals surface area contributed by atoms with E-state index in [-0.39, 0.29) is 0 Å². The second-order valence-corrected chi connectivity index (χ2v) is 4.93. The van der Waals surface area contributed by atoms with Crippen LogP contribution in [0.2, 0.25) is 0 Å². The minimum absolute atomic E-state index is 0.426. The Balaban J connectivity index is 2.17. The van der Waals surface area contributed by atoms with Gasteiger partial charge in [-0.2, -0.15) is 0 Å². The largest absolute Gasteiger partial charge is 0.466 e. The van der Waals surface area contributed by atoms with E-state index in [1.807, 2.05) is 36.4 Å². The third-order valence-electron chi connectivity index (χ3n) is 3.27. The Morgan fingerprint density at radius 3 is 2.61 bits per heavy atom. The zero-order chi connectivity index (χ0) is 16.7. The van der Waals surface area contributed by atoms with Crippen molar-refractivity contribution in [3.8, 4) is 0 Å². The molecular weight excluding hydrogens is 289 g/mol. The molecular formula is C18H16BNO3. The number of anilines is 1. The molecule has 0 aliphatic carbocycles. The van der Waals surface area contributed by atoms with Crippen LogP contribution in [0.25, 0.3) is 6.08 Å². The lowest BCUT2D eigenvalue weighted by molar-refractivity contribution is -0.134. The van der Waals surface area contributed by atoms with Crippen molar-refractivity contribution in [2.45, 2.75) is 6.54 Å². The Hall–Kier alpha value is -2.82. The molecule has 0 aromatic heterocycles. The molecule has 0 spiro atoms. The van der Waals surface area contributed by atoms with Crippen molar-refractivity contribution >= 4 is 37.5 Å². The topological polar surface area (TPSA) is 46.6 Å². The van der Waals surface area contributed by atoms with Gasteiger partial charge in [-0.15, -0.1) is 0 Å². The number of carbonyl (C=O) groups excluding carboxylic acids is 2. The maximum Gasteiger partial charge on any atom is 0.330 e. The van der Waals surface area contributed by atoms with Crippen LogP contribution in [-0.4, -0.2) is 27.3 Å². The molecule has 0 fully saturated rings. The lowest BCUT2D eigenvalue weighted by Crippen LogP contribution is -2.20. The molecule has 1 amide bonds. The second kappa shape index (κ2) is 7.99. The van der Waals surface area contributed by atoms with Gasteiger partial charge in [-0.3, -0.25) is 4.79 Å². The smallest absolute Gasteiger partial charge is 0.330 e. The van der Waals surface area contributed by atoms with Gasteiger partial charge in [0.2, 0.25) is 6.41 Å². The van der Waals surface area contributed by atoms with Crippen molar-refractivity contribution in [2.75, 3.05) is 12.0 Å². The Kier molecular flexibility index (Phi) is 5.75. The number of methoxy groups -OCH3 is 1. The lowest BCUT2D eigenvalue weighted by Gasteiger charge is -2.18. The van der Waals surface area contributed by atoms with Crippen LogP contribution in [-0.2, 0) is 20.9 Å². The summed E-state index contributed by atoms with van der Waals surface area (Å²) in [4.78, 5) is 24.1. The number of amides is 1. The van der Waals surface area contributed by atoms with E-state index in [9.17, 15) is 9.59 Å². The van der Waals surface area contributed by atoms with Gasteiger partial charge in [-0.25, -0.2) is 4.79 Å². The molecule has 0 heterocycles. The summed E-state index contributed by atoms with van der Waals surface area (Å²) in [6.45, 7) is 0.438. The van der Waals surface area contributed by atoms with Crippen LogP contribution in [0, 0.1) is 0 Å². The van der Waals surface area contributed by atoms with E-state index < -0.39 is 5.97 Å². The molecule has 5 heteroatoms. The van der Waals surface area contributed by atoms with Crippen LogP contribution in [0.4, 0.5) is 5.69 Å². The number of benzene rings is 2. The van der Waals surface area contributed by atoms with Crippen LogP contribution in [0.15, 0.2) is 54.6 Å². The van der Waals surface area contributed by atoms with E-state index in [1.165, 1.54) is 13.2 Å². The van der Waals surface area contributed by atoms with Gasteiger partial charge < -0.3 is 9.64 Å². The van der Waals surface area contributed by atoms with Crippen LogP contribution in [0.5, 0.6) is 0 Å². The van der Waals surface area contributed by atoms with Gasteiger partial charge in [-0.05, 0) is 29.3 Å². The lowest BCUT2D eigenvalue weighted by atomic mass is 9.95. The number of hydrogen-bond donors (Lipinski definition) is 0. The maximum atomic E-state index is 11.4. The summed E-state index contributed by atoms with van der Waals surface area (Å²) < 4.78 is 4.56. The van der Waals surface area contributed by atoms with E-state index in [0.29, 0.717) is 12.0 Å². The minimum atomic E-state index is -0.426. The summed E-state index contributed by atoms with van der Waals surface area (Å²) in [7, 11) is 6.98. The molecule has 4 nitrogen and oxygen atoms in total. The molecule has 0 aliphatic rings. The summed E-state index contributed by atoms with van der Waals surface area (Å²) in [5.74, 6) is -0.426. The van der Waals surface area contributed by atoms with E-state index in [2.05, 4.69) is 4.74 Å². The molecule has 23 heavy (non-hydrogen) atoms. The number of ether oxygens (including phenoxy) is 1. The number of carbonyl (C=O) groups is 2. The first-order chi connectivity index (χ1) is 11.1. The molecule has 0 aliphatic heterocycles. The molecule has 2 aromatic carbocycles. The summed E-state index contributed by atoms with van der Waals surface area (Å²) in [6, 6.07) is 14.7. The van der Waals surface area contributed by atoms with Crippen molar-refractivity contribution in [3.63, 3.8) is 0 Å². The number of rotatable bonds is 6. The summed E-state index contributed by atoms with van der Waals surface area (Å²) in [5.41, 5.74) is 3.20. The molecule has 0 saturated carbocycles. The first-order valence-electron chi connectivity index (χ1n) is 7.05. The highest BCUT2D eigenvalue weighted by molar-refractivity contribution is 6.32. The average Bonchev–Trinajstić information content (AvgIpc) is 2.59. The maximum absolute atomic E-state index is 11.4. The number of hydrogen-bond acceptors (Lipinski definition) is 3. The van der Waals surface area contributed by atoms with Crippen molar-refractivity contribution in [3.05, 3.63) is 65.7 Å². The fourth-order valence-corrected chi connectivity index (χ4v) is 2.05. The molecule has 0 unspecified atom stereocenters. The molecule has 2 aromatic rings. The van der Waals surface area contributed by atoms with Gasteiger partial charge in [0.1, 0.15) is 7.85 Å². The monoisotopic (exact) mass is 305 g/mol. The van der Waals surface area contributed by atoms with Gasteiger partial charge >= 0.3 is 5.97 Å². The van der Waals surface area contributed by atoms with Gasteiger partial charge in [-0.1, -0.05) is 41.9 Å². The van der Waals surface area contributed by atoms with Crippen LogP contribution < -0.4 is 10.4 Å². The van der Waals surface area contributed by atoms with E-state index >= 15 is 0 Å². The van der Waals surface area contributed by atoms with E-state index in [1.54, 1.807) is 23.1 Å². The molecule has 2 rings (SSSR count). The second-order valence-electron chi connectivity index (χ2n) is 4.93. The Morgan fingerprint density at radius 1 is 1.22 bits per heavy atom. The molecule has 0 saturated heterocycles. The van der Waals surface area contributed by atoms with Crippen LogP contribution >= 0.6 is 0 Å². The first kappa shape index (κ1) is 16.6. The van der Waals surface area contributed by atoms with Crippen LogP contribution in [0.3, 0.4) is 0 Å². The van der Waals surface area contributed by atoms with Crippen molar-refractivity contribution < 1.29 is 14.3 Å². The molecule has 114 valence electrons. The highest BCUT2D eigenvalue weighted by atomic mass is 16.5. The van der Waals surface area contributed by atoms with Crippen molar-refractivity contribution in [2.24, 2.45) is 0 Å². The normalized spacial score (nSPS) is 10.5. The fraction of sp³-hybridized carbons (Fsp3) is 0.111. The predicted octanol–water partition coefficient (Wildman–Crippen LogP) is 1.83. The zero-order valence-electron chi connectivity index (χ0n) is 12.8. The quantitative estimate of drug-likeness (QED) is 0.354. The summed E-state index contributed by atoms with van der Waals surface area (Å²) in [5, 5.41) is 0. The summed E-state index contributed by atoms with van der Waals surface area (Å²) >= 11 is 0. The highest BCUT2D eigenvalue weighted by Crippen LogP contribution is 2.18. The first-order valence-corrected chi connectivity index (χ1v) is 7.05. The predicted molar refractivity (Wildman–Crippen MR) is 91.6 cm³/mol. The van der Waals surface area contributed by atoms with Crippen molar-refractivity contribution in [1.29, 1.82) is 0 Å². The van der Waals surface area contributed by atoms with Crippen molar-refractivity contribution in [1.82, 2.24) is 0 Å². The molecule has 2 radical (unpaired) electrons. The third kappa shape index (κ3) is 4.85. The number of nitrogens with zero attached hydrogens (tertiary/aromatic N) is 1. The fourth-order valence-electron chi connectivity index (χ4n) is 2.05. The van der Waals surface area contributed by atoms with Crippen LogP contribution in [0.1, 0.15) is 11.1 Å². The Morgan fingerprint density at radius 2 is 1.96 bits per heavy atom. The molecule has 0 bridgehead atoms. The third-order valence-corrected chi connectivity index (χ3v) is 3.27. The minimum Gasteiger partial charge on any atom is -0.466 e. The SMILES string of the molecule is [B]c1ccc(CN(C=O)c2cccc(/C=C/C(=O)OC)c2)cc1. The Labute approximate surface area is 136 Å². The van der Waals surface area contributed by atoms with E-state index in [4.69, 9.17) is 7.85 Å². The van der Waals surface area contributed by atoms with Gasteiger partial charge in [0.05, 0.1) is 13.7 Å². The summed E-state index contributed by atoms with van der Waals surface area (Å²) in [6.07, 6.45) is 3.76. The Bertz CT molecular complexity index is 710. The average molecular weight is 305 g/mol. The van der Waals surface area contributed by atoms with Gasteiger partial charge in [0.15, 0.2) is 0 Å².